The molecule has 0 aliphatic heterocycles. The first-order valence-electron chi connectivity index (χ1n) is 7.43. The molecule has 0 saturated heterocycles. The van der Waals surface area contributed by atoms with E-state index in [0.29, 0.717) is 0 Å². The van der Waals surface area contributed by atoms with E-state index in [9.17, 15) is 14.4 Å². The molecule has 0 fully saturated rings. The van der Waals surface area contributed by atoms with Gasteiger partial charge in [0.25, 0.3) is 0 Å². The fraction of sp³-hybridized carbons (Fsp3) is 0.167. The second kappa shape index (κ2) is 8.30. The fourth-order valence-corrected chi connectivity index (χ4v) is 2.18. The molecule has 6 nitrogen and oxygen atoms in total. The standard InChI is InChI=1S/C18H17ClN2O4/c1-11-3-5-12(6-4-11)10-20-16(22)17(23)21-15-9-13(18(24)25-2)7-8-14(15)19/h3-9H,10H2,1-2H3,(H,20,22)(H,21,23). The number of methoxy groups -OCH3 is 1. The van der Waals surface area contributed by atoms with E-state index in [-0.39, 0.29) is 22.8 Å². The second-order valence-electron chi connectivity index (χ2n) is 5.31. The Bertz CT molecular complexity index is 803. The number of amides is 2. The number of hydrogen-bond acceptors (Lipinski definition) is 4. The lowest BCUT2D eigenvalue weighted by Gasteiger charge is -2.09. The summed E-state index contributed by atoms with van der Waals surface area (Å²) >= 11 is 5.98. The quantitative estimate of drug-likeness (QED) is 0.648. The highest BCUT2D eigenvalue weighted by Crippen LogP contribution is 2.23. The molecule has 0 aromatic heterocycles. The Morgan fingerprint density at radius 3 is 2.36 bits per heavy atom. The summed E-state index contributed by atoms with van der Waals surface area (Å²) in [6.07, 6.45) is 0. The molecule has 0 unspecified atom stereocenters. The highest BCUT2D eigenvalue weighted by atomic mass is 35.5. The average molecular weight is 361 g/mol. The van der Waals surface area contributed by atoms with E-state index in [1.54, 1.807) is 0 Å². The van der Waals surface area contributed by atoms with Gasteiger partial charge >= 0.3 is 17.8 Å². The van der Waals surface area contributed by atoms with Crippen LogP contribution >= 0.6 is 11.6 Å². The van der Waals surface area contributed by atoms with Gasteiger partial charge in [0.05, 0.1) is 23.4 Å². The number of carbonyl (C=O) groups is 3. The third-order valence-electron chi connectivity index (χ3n) is 3.42. The molecule has 0 saturated carbocycles. The van der Waals surface area contributed by atoms with E-state index in [1.165, 1.54) is 25.3 Å². The highest BCUT2D eigenvalue weighted by molar-refractivity contribution is 6.41. The predicted molar refractivity (Wildman–Crippen MR) is 94.4 cm³/mol. The lowest BCUT2D eigenvalue weighted by molar-refractivity contribution is -0.136. The van der Waals surface area contributed by atoms with Gasteiger partial charge in [-0.15, -0.1) is 0 Å². The number of anilines is 1. The van der Waals surface area contributed by atoms with Gasteiger partial charge in [0.1, 0.15) is 0 Å². The molecule has 2 N–H and O–H groups in total. The Balaban J connectivity index is 1.99. The van der Waals surface area contributed by atoms with Crippen LogP contribution in [0.1, 0.15) is 21.5 Å². The molecule has 0 spiro atoms. The number of rotatable bonds is 4. The third kappa shape index (κ3) is 5.06. The molecule has 2 rings (SSSR count). The first-order valence-corrected chi connectivity index (χ1v) is 7.81. The number of hydrogen-bond donors (Lipinski definition) is 2. The maximum Gasteiger partial charge on any atom is 0.337 e. The molecule has 2 amide bonds. The predicted octanol–water partition coefficient (Wildman–Crippen LogP) is 2.69. The minimum Gasteiger partial charge on any atom is -0.465 e. The van der Waals surface area contributed by atoms with Crippen molar-refractivity contribution in [2.75, 3.05) is 12.4 Å². The monoisotopic (exact) mass is 360 g/mol. The lowest BCUT2D eigenvalue weighted by atomic mass is 10.1. The molecule has 130 valence electrons. The number of nitrogens with one attached hydrogen (secondary N) is 2. The van der Waals surface area contributed by atoms with Gasteiger partial charge in [0.15, 0.2) is 0 Å². The van der Waals surface area contributed by atoms with Crippen LogP contribution in [0, 0.1) is 6.92 Å². The highest BCUT2D eigenvalue weighted by Gasteiger charge is 2.16. The van der Waals surface area contributed by atoms with Gasteiger partial charge in [-0.1, -0.05) is 41.4 Å². The SMILES string of the molecule is COC(=O)c1ccc(Cl)c(NC(=O)C(=O)NCc2ccc(C)cc2)c1. The summed E-state index contributed by atoms with van der Waals surface area (Å²) in [6.45, 7) is 2.18. The van der Waals surface area contributed by atoms with E-state index in [2.05, 4.69) is 15.4 Å². The van der Waals surface area contributed by atoms with Gasteiger partial charge < -0.3 is 15.4 Å². The van der Waals surface area contributed by atoms with Gasteiger partial charge in [-0.25, -0.2) is 4.79 Å². The van der Waals surface area contributed by atoms with Crippen LogP contribution in [0.3, 0.4) is 0 Å². The van der Waals surface area contributed by atoms with Gasteiger partial charge in [0.2, 0.25) is 0 Å². The zero-order valence-electron chi connectivity index (χ0n) is 13.8. The van der Waals surface area contributed by atoms with Crippen LogP contribution in [0.2, 0.25) is 5.02 Å². The van der Waals surface area contributed by atoms with Gasteiger partial charge in [0, 0.05) is 6.54 Å². The summed E-state index contributed by atoms with van der Waals surface area (Å²) in [5, 5.41) is 5.11. The average Bonchev–Trinajstić information content (AvgIpc) is 2.62. The number of halogens is 1. The zero-order chi connectivity index (χ0) is 18.4. The Morgan fingerprint density at radius 2 is 1.72 bits per heavy atom. The first-order chi connectivity index (χ1) is 11.9. The van der Waals surface area contributed by atoms with E-state index in [4.69, 9.17) is 11.6 Å². The Labute approximate surface area is 150 Å². The maximum atomic E-state index is 12.0. The molecular formula is C18H17ClN2O4. The van der Waals surface area contributed by atoms with Crippen molar-refractivity contribution in [3.05, 3.63) is 64.2 Å². The third-order valence-corrected chi connectivity index (χ3v) is 3.75. The van der Waals surface area contributed by atoms with Crippen molar-refractivity contribution in [1.29, 1.82) is 0 Å². The maximum absolute atomic E-state index is 12.0. The number of aryl methyl sites for hydroxylation is 1. The smallest absolute Gasteiger partial charge is 0.337 e. The summed E-state index contributed by atoms with van der Waals surface area (Å²) in [4.78, 5) is 35.4. The van der Waals surface area contributed by atoms with Crippen molar-refractivity contribution in [3.63, 3.8) is 0 Å². The molecular weight excluding hydrogens is 344 g/mol. The van der Waals surface area contributed by atoms with Gasteiger partial charge in [-0.2, -0.15) is 0 Å². The van der Waals surface area contributed by atoms with Gasteiger partial charge in [-0.3, -0.25) is 9.59 Å². The van der Waals surface area contributed by atoms with E-state index < -0.39 is 17.8 Å². The van der Waals surface area contributed by atoms with E-state index in [1.807, 2.05) is 31.2 Å². The van der Waals surface area contributed by atoms with Crippen LogP contribution in [-0.4, -0.2) is 24.9 Å². The van der Waals surface area contributed by atoms with E-state index >= 15 is 0 Å². The van der Waals surface area contributed by atoms with Crippen molar-refractivity contribution in [3.8, 4) is 0 Å². The zero-order valence-corrected chi connectivity index (χ0v) is 14.5. The minimum absolute atomic E-state index is 0.153. The molecule has 7 heteroatoms. The van der Waals surface area contributed by atoms with Gasteiger partial charge in [-0.05, 0) is 30.7 Å². The minimum atomic E-state index is -0.879. The molecule has 0 heterocycles. The van der Waals surface area contributed by atoms with E-state index in [0.717, 1.165) is 11.1 Å². The van der Waals surface area contributed by atoms with Crippen LogP contribution in [0.4, 0.5) is 5.69 Å². The Hall–Kier alpha value is -2.86. The van der Waals surface area contributed by atoms with Crippen molar-refractivity contribution in [2.24, 2.45) is 0 Å². The topological polar surface area (TPSA) is 84.5 Å². The summed E-state index contributed by atoms with van der Waals surface area (Å²) in [6, 6.07) is 11.8. The Morgan fingerprint density at radius 1 is 1.04 bits per heavy atom. The molecule has 0 atom stereocenters. The number of carbonyl (C=O) groups excluding carboxylic acids is 3. The van der Waals surface area contributed by atoms with Crippen molar-refractivity contribution in [2.45, 2.75) is 13.5 Å². The van der Waals surface area contributed by atoms with Crippen molar-refractivity contribution >= 4 is 35.1 Å². The number of benzene rings is 2. The molecule has 0 bridgehead atoms. The molecule has 0 aliphatic carbocycles. The molecule has 0 aliphatic rings. The first kappa shape index (κ1) is 18.5. The van der Waals surface area contributed by atoms with Crippen LogP contribution in [0.25, 0.3) is 0 Å². The van der Waals surface area contributed by atoms with Crippen LogP contribution in [0.5, 0.6) is 0 Å². The molecule has 2 aromatic carbocycles. The second-order valence-corrected chi connectivity index (χ2v) is 5.72. The van der Waals surface area contributed by atoms with Crippen LogP contribution in [-0.2, 0) is 20.9 Å². The van der Waals surface area contributed by atoms with Crippen LogP contribution < -0.4 is 10.6 Å². The van der Waals surface area contributed by atoms with Crippen LogP contribution in [0.15, 0.2) is 42.5 Å². The largest absolute Gasteiger partial charge is 0.465 e. The number of esters is 1. The fourth-order valence-electron chi connectivity index (χ4n) is 2.01. The molecule has 25 heavy (non-hydrogen) atoms. The Kier molecular flexibility index (Phi) is 6.14. The lowest BCUT2D eigenvalue weighted by Crippen LogP contribution is -2.35. The normalized spacial score (nSPS) is 10.0. The molecule has 2 aromatic rings. The summed E-state index contributed by atoms with van der Waals surface area (Å²) in [7, 11) is 1.24. The summed E-state index contributed by atoms with van der Waals surface area (Å²) in [5.74, 6) is -2.26. The van der Waals surface area contributed by atoms with Crippen molar-refractivity contribution in [1.82, 2.24) is 5.32 Å². The van der Waals surface area contributed by atoms with Crippen molar-refractivity contribution < 1.29 is 19.1 Å². The summed E-state index contributed by atoms with van der Waals surface area (Å²) in [5.41, 5.74) is 2.34. The number of ether oxygens (including phenoxy) is 1. The summed E-state index contributed by atoms with van der Waals surface area (Å²) < 4.78 is 4.61. The molecule has 0 radical (unpaired) electrons.